The van der Waals surface area contributed by atoms with E-state index in [1.165, 1.54) is 0 Å². The van der Waals surface area contributed by atoms with Gasteiger partial charge in [0, 0.05) is 81.6 Å². The monoisotopic (exact) mass is 516 g/mol. The molecule has 0 spiro atoms. The number of carbonyl (C=O) groups excluding carboxylic acids is 4. The topological polar surface area (TPSA) is 117 Å². The lowest BCUT2D eigenvalue weighted by molar-refractivity contribution is -0.142. The standard InChI is InChI=1S/2C6H12N2O.C6H11NO2.C5H9NO2.CH4/c2*1-7-4-3-5-8(2)6(7)9;1-7-4-2-3-5(8)6(7)9;1-6-2-3-8-4-5(6)7;/h2*3-5H2,1-2H3;5,8H,2-4H2,1H3;2-4H2,1H3;1H4. The summed E-state index contributed by atoms with van der Waals surface area (Å²) in [6.45, 7) is 6.09. The molecule has 1 atom stereocenters. The van der Waals surface area contributed by atoms with Crippen LogP contribution in [0.1, 0.15) is 33.1 Å². The fourth-order valence-corrected chi connectivity index (χ4v) is 3.66. The average Bonchev–Trinajstić information content (AvgIpc) is 2.82. The van der Waals surface area contributed by atoms with Crippen LogP contribution in [-0.4, -0.2) is 159 Å². The number of piperidine rings is 1. The number of amides is 6. The molecule has 4 aliphatic rings. The van der Waals surface area contributed by atoms with E-state index in [-0.39, 0.29) is 37.9 Å². The van der Waals surface area contributed by atoms with Crippen LogP contribution in [0.25, 0.3) is 0 Å². The number of ether oxygens (including phenoxy) is 1. The van der Waals surface area contributed by atoms with Crippen molar-refractivity contribution < 1.29 is 29.0 Å². The van der Waals surface area contributed by atoms with Gasteiger partial charge in [0.05, 0.1) is 6.61 Å². The van der Waals surface area contributed by atoms with Gasteiger partial charge in [0.15, 0.2) is 0 Å². The summed E-state index contributed by atoms with van der Waals surface area (Å²) in [5.74, 6) is -0.0579. The van der Waals surface area contributed by atoms with Gasteiger partial charge in [-0.15, -0.1) is 0 Å². The second kappa shape index (κ2) is 17.0. The van der Waals surface area contributed by atoms with E-state index in [1.54, 1.807) is 43.5 Å². The molecule has 0 saturated carbocycles. The maximum atomic E-state index is 11.0. The van der Waals surface area contributed by atoms with Crippen LogP contribution in [0, 0.1) is 0 Å². The number of rotatable bonds is 0. The van der Waals surface area contributed by atoms with E-state index >= 15 is 0 Å². The predicted molar refractivity (Wildman–Crippen MR) is 139 cm³/mol. The van der Waals surface area contributed by atoms with Crippen molar-refractivity contribution in [2.24, 2.45) is 0 Å². The highest BCUT2D eigenvalue weighted by Gasteiger charge is 2.23. The molecular formula is C24H48N6O6. The normalized spacial score (nSPS) is 22.5. The third kappa shape index (κ3) is 11.4. The molecular weight excluding hydrogens is 468 g/mol. The number of likely N-dealkylation sites (tertiary alicyclic amines) is 1. The van der Waals surface area contributed by atoms with Crippen molar-refractivity contribution in [3.8, 4) is 0 Å². The molecule has 36 heavy (non-hydrogen) atoms. The van der Waals surface area contributed by atoms with E-state index in [2.05, 4.69) is 0 Å². The van der Waals surface area contributed by atoms with Gasteiger partial charge < -0.3 is 39.2 Å². The van der Waals surface area contributed by atoms with Crippen molar-refractivity contribution >= 4 is 23.9 Å². The Morgan fingerprint density at radius 2 is 1.06 bits per heavy atom. The zero-order valence-electron chi connectivity index (χ0n) is 22.2. The third-order valence-corrected chi connectivity index (χ3v) is 6.13. The lowest BCUT2D eigenvalue weighted by Crippen LogP contribution is -2.44. The number of urea groups is 2. The number of likely N-dealkylation sites (N-methyl/N-ethyl adjacent to an activating group) is 2. The number of carbonyl (C=O) groups is 4. The van der Waals surface area contributed by atoms with Gasteiger partial charge in [-0.2, -0.15) is 0 Å². The summed E-state index contributed by atoms with van der Waals surface area (Å²) in [4.78, 5) is 53.5. The van der Waals surface area contributed by atoms with E-state index in [9.17, 15) is 19.2 Å². The molecule has 0 aromatic carbocycles. The summed E-state index contributed by atoms with van der Waals surface area (Å²) in [6, 6.07) is 0.280. The van der Waals surface area contributed by atoms with Crippen molar-refractivity contribution in [2.75, 3.05) is 94.8 Å². The maximum Gasteiger partial charge on any atom is 0.319 e. The van der Waals surface area contributed by atoms with Crippen molar-refractivity contribution in [3.05, 3.63) is 0 Å². The third-order valence-electron chi connectivity index (χ3n) is 6.13. The average molecular weight is 517 g/mol. The molecule has 12 nitrogen and oxygen atoms in total. The minimum absolute atomic E-state index is 0. The highest BCUT2D eigenvalue weighted by atomic mass is 16.5. The Morgan fingerprint density at radius 3 is 1.33 bits per heavy atom. The van der Waals surface area contributed by atoms with Crippen molar-refractivity contribution in [1.29, 1.82) is 0 Å². The first kappa shape index (κ1) is 33.4. The number of aliphatic hydroxyl groups excluding tert-OH is 1. The molecule has 1 N–H and O–H groups in total. The van der Waals surface area contributed by atoms with Crippen LogP contribution in [0.4, 0.5) is 9.59 Å². The second-order valence-corrected chi connectivity index (χ2v) is 9.24. The molecule has 0 aromatic rings. The van der Waals surface area contributed by atoms with Crippen LogP contribution in [0.15, 0.2) is 0 Å². The predicted octanol–water partition coefficient (Wildman–Crippen LogP) is 0.458. The molecule has 0 bridgehead atoms. The van der Waals surface area contributed by atoms with Gasteiger partial charge in [0.2, 0.25) is 5.91 Å². The number of hydrogen-bond acceptors (Lipinski definition) is 6. The molecule has 6 amide bonds. The minimum Gasteiger partial charge on any atom is -0.383 e. The first-order valence-corrected chi connectivity index (χ1v) is 12.1. The highest BCUT2D eigenvalue weighted by Crippen LogP contribution is 2.08. The number of morpholine rings is 1. The van der Waals surface area contributed by atoms with E-state index < -0.39 is 6.10 Å². The van der Waals surface area contributed by atoms with E-state index in [4.69, 9.17) is 9.84 Å². The van der Waals surface area contributed by atoms with E-state index in [0.717, 1.165) is 58.5 Å². The first-order chi connectivity index (χ1) is 16.5. The largest absolute Gasteiger partial charge is 0.383 e. The Bertz CT molecular complexity index is 601. The van der Waals surface area contributed by atoms with Gasteiger partial charge in [-0.25, -0.2) is 9.59 Å². The summed E-state index contributed by atoms with van der Waals surface area (Å²) in [5, 5.41) is 8.96. The number of nitrogens with zero attached hydrogens (tertiary/aromatic N) is 6. The van der Waals surface area contributed by atoms with Gasteiger partial charge in [0.1, 0.15) is 12.7 Å². The molecule has 4 heterocycles. The van der Waals surface area contributed by atoms with Crippen molar-refractivity contribution in [1.82, 2.24) is 29.4 Å². The van der Waals surface area contributed by atoms with Crippen molar-refractivity contribution in [2.45, 2.75) is 39.2 Å². The van der Waals surface area contributed by atoms with Crippen LogP contribution in [0.5, 0.6) is 0 Å². The Morgan fingerprint density at radius 1 is 0.639 bits per heavy atom. The molecule has 0 aliphatic carbocycles. The number of hydrogen-bond donors (Lipinski definition) is 1. The van der Waals surface area contributed by atoms with Gasteiger partial charge >= 0.3 is 12.1 Å². The first-order valence-electron chi connectivity index (χ1n) is 12.1. The molecule has 0 aromatic heterocycles. The Balaban J connectivity index is 0.000000450. The summed E-state index contributed by atoms with van der Waals surface area (Å²) in [7, 11) is 10.8. The van der Waals surface area contributed by atoms with Crippen LogP contribution in [0.2, 0.25) is 0 Å². The van der Waals surface area contributed by atoms with Gasteiger partial charge in [-0.1, -0.05) is 7.43 Å². The molecule has 210 valence electrons. The quantitative estimate of drug-likeness (QED) is 0.500. The van der Waals surface area contributed by atoms with E-state index in [1.807, 2.05) is 28.2 Å². The second-order valence-electron chi connectivity index (χ2n) is 9.24. The van der Waals surface area contributed by atoms with Crippen LogP contribution in [-0.2, 0) is 14.3 Å². The molecule has 1 unspecified atom stereocenters. The molecule has 4 saturated heterocycles. The Kier molecular flexibility index (Phi) is 15.7. The molecule has 0 radical (unpaired) electrons. The van der Waals surface area contributed by atoms with Gasteiger partial charge in [-0.3, -0.25) is 9.59 Å². The van der Waals surface area contributed by atoms with Crippen LogP contribution in [0.3, 0.4) is 0 Å². The fourth-order valence-electron chi connectivity index (χ4n) is 3.66. The molecule has 4 aliphatic heterocycles. The zero-order chi connectivity index (χ0) is 26.5. The molecule has 4 rings (SSSR count). The smallest absolute Gasteiger partial charge is 0.319 e. The zero-order valence-corrected chi connectivity index (χ0v) is 22.2. The fraction of sp³-hybridized carbons (Fsp3) is 0.833. The summed E-state index contributed by atoms with van der Waals surface area (Å²) in [5.41, 5.74) is 0. The van der Waals surface area contributed by atoms with Gasteiger partial charge in [0.25, 0.3) is 5.91 Å². The van der Waals surface area contributed by atoms with E-state index in [0.29, 0.717) is 13.0 Å². The van der Waals surface area contributed by atoms with Crippen LogP contribution >= 0.6 is 0 Å². The lowest BCUT2D eigenvalue weighted by Gasteiger charge is -2.30. The summed E-state index contributed by atoms with van der Waals surface area (Å²) >= 11 is 0. The Labute approximate surface area is 216 Å². The van der Waals surface area contributed by atoms with Crippen LogP contribution < -0.4 is 0 Å². The minimum atomic E-state index is -0.733. The van der Waals surface area contributed by atoms with Crippen molar-refractivity contribution in [3.63, 3.8) is 0 Å². The van der Waals surface area contributed by atoms with Gasteiger partial charge in [-0.05, 0) is 25.7 Å². The summed E-state index contributed by atoms with van der Waals surface area (Å²) < 4.78 is 4.86. The SMILES string of the molecule is C.CN1CCCC(O)C1=O.CN1CCCN(C)C1=O.CN1CCCN(C)C1=O.CN1CCOCC1=O. The maximum absolute atomic E-state index is 11.0. The molecule has 4 fully saturated rings. The lowest BCUT2D eigenvalue weighted by atomic mass is 10.1. The molecule has 12 heteroatoms. The Hall–Kier alpha value is -2.60. The number of aliphatic hydroxyl groups is 1. The highest BCUT2D eigenvalue weighted by molar-refractivity contribution is 5.81. The summed E-state index contributed by atoms with van der Waals surface area (Å²) in [6.07, 6.45) is 3.01.